The Morgan fingerprint density at radius 1 is 0.941 bits per heavy atom. The van der Waals surface area contributed by atoms with Gasteiger partial charge in [-0.2, -0.15) is 0 Å². The molecule has 3 rings (SSSR count). The fourth-order valence-electron chi connectivity index (χ4n) is 1.62. The summed E-state index contributed by atoms with van der Waals surface area (Å²) in [5.41, 5.74) is 7.37. The van der Waals surface area contributed by atoms with Crippen molar-refractivity contribution in [2.24, 2.45) is 0 Å². The molecule has 0 aliphatic carbocycles. The molecular formula is C12H9N5. The number of rotatable bonds is 1. The predicted octanol–water partition coefficient (Wildman–Crippen LogP) is 1.67. The molecule has 0 fully saturated rings. The normalized spacial score (nSPS) is 10.6. The molecule has 82 valence electrons. The first kappa shape index (κ1) is 9.65. The molecular weight excluding hydrogens is 214 g/mol. The van der Waals surface area contributed by atoms with Crippen LogP contribution in [0.1, 0.15) is 0 Å². The smallest absolute Gasteiger partial charge is 0.165 e. The van der Waals surface area contributed by atoms with Gasteiger partial charge in [0.15, 0.2) is 11.5 Å². The van der Waals surface area contributed by atoms with Crippen molar-refractivity contribution in [3.63, 3.8) is 0 Å². The molecule has 3 heterocycles. The summed E-state index contributed by atoms with van der Waals surface area (Å²) < 4.78 is 0. The van der Waals surface area contributed by atoms with Crippen molar-refractivity contribution in [1.29, 1.82) is 0 Å². The molecule has 0 spiro atoms. The summed E-state index contributed by atoms with van der Waals surface area (Å²) in [4.78, 5) is 16.8. The van der Waals surface area contributed by atoms with Crippen molar-refractivity contribution in [2.75, 3.05) is 5.73 Å². The van der Waals surface area contributed by atoms with E-state index in [0.29, 0.717) is 17.3 Å². The minimum absolute atomic E-state index is 0.440. The van der Waals surface area contributed by atoms with Crippen molar-refractivity contribution < 1.29 is 0 Å². The number of hydrogen-bond acceptors (Lipinski definition) is 5. The molecule has 0 bridgehead atoms. The molecule has 3 aromatic rings. The Morgan fingerprint density at radius 3 is 2.59 bits per heavy atom. The number of anilines is 1. The average Bonchev–Trinajstić information content (AvgIpc) is 2.40. The van der Waals surface area contributed by atoms with Gasteiger partial charge in [-0.05, 0) is 24.3 Å². The molecule has 5 heteroatoms. The van der Waals surface area contributed by atoms with Crippen LogP contribution >= 0.6 is 0 Å². The molecule has 0 saturated carbocycles. The van der Waals surface area contributed by atoms with Gasteiger partial charge in [-0.15, -0.1) is 0 Å². The van der Waals surface area contributed by atoms with Crippen LogP contribution in [0, 0.1) is 0 Å². The van der Waals surface area contributed by atoms with Crippen LogP contribution in [0.15, 0.2) is 42.9 Å². The Morgan fingerprint density at radius 2 is 1.76 bits per heavy atom. The summed E-state index contributed by atoms with van der Waals surface area (Å²) in [6.07, 6.45) is 5.07. The number of hydrogen-bond donors (Lipinski definition) is 1. The van der Waals surface area contributed by atoms with Crippen LogP contribution in [0.4, 0.5) is 5.82 Å². The number of nitrogens with zero attached hydrogens (tertiary/aromatic N) is 4. The lowest BCUT2D eigenvalue weighted by Gasteiger charge is -2.03. The second-order valence-electron chi connectivity index (χ2n) is 3.54. The Hall–Kier alpha value is -2.56. The highest BCUT2D eigenvalue weighted by Crippen LogP contribution is 2.20. The molecule has 0 radical (unpaired) electrons. The van der Waals surface area contributed by atoms with Gasteiger partial charge in [-0.1, -0.05) is 0 Å². The van der Waals surface area contributed by atoms with E-state index < -0.39 is 0 Å². The van der Waals surface area contributed by atoms with Gasteiger partial charge in [-0.25, -0.2) is 15.0 Å². The molecule has 5 nitrogen and oxygen atoms in total. The van der Waals surface area contributed by atoms with Crippen molar-refractivity contribution >= 4 is 16.9 Å². The quantitative estimate of drug-likeness (QED) is 0.679. The molecule has 0 saturated heterocycles. The number of aromatic nitrogens is 4. The van der Waals surface area contributed by atoms with E-state index in [0.717, 1.165) is 10.9 Å². The highest BCUT2D eigenvalue weighted by Gasteiger charge is 2.06. The maximum absolute atomic E-state index is 5.89. The minimum Gasteiger partial charge on any atom is -0.383 e. The van der Waals surface area contributed by atoms with Crippen molar-refractivity contribution in [2.45, 2.75) is 0 Å². The van der Waals surface area contributed by atoms with Crippen LogP contribution in [0.5, 0.6) is 0 Å². The van der Waals surface area contributed by atoms with Gasteiger partial charge in [0.2, 0.25) is 0 Å². The number of nitrogens with two attached hydrogens (primary N) is 1. The Kier molecular flexibility index (Phi) is 2.15. The van der Waals surface area contributed by atoms with Gasteiger partial charge in [0.25, 0.3) is 0 Å². The van der Waals surface area contributed by atoms with E-state index in [4.69, 9.17) is 5.73 Å². The number of pyridine rings is 2. The van der Waals surface area contributed by atoms with E-state index in [1.165, 1.54) is 0 Å². The first-order valence-corrected chi connectivity index (χ1v) is 5.13. The Labute approximate surface area is 97.4 Å². The third-order valence-corrected chi connectivity index (χ3v) is 2.44. The highest BCUT2D eigenvalue weighted by molar-refractivity contribution is 5.86. The molecule has 17 heavy (non-hydrogen) atoms. The van der Waals surface area contributed by atoms with Gasteiger partial charge < -0.3 is 5.73 Å². The summed E-state index contributed by atoms with van der Waals surface area (Å²) in [5.74, 6) is 1.01. The lowest BCUT2D eigenvalue weighted by Crippen LogP contribution is -1.98. The summed E-state index contributed by atoms with van der Waals surface area (Å²) in [7, 11) is 0. The van der Waals surface area contributed by atoms with Crippen molar-refractivity contribution in [3.05, 3.63) is 42.9 Å². The molecule has 0 atom stereocenters. The SMILES string of the molecule is Nc1nc(-c2ccncc2)nc2ncccc12. The lowest BCUT2D eigenvalue weighted by molar-refractivity contribution is 1.19. The topological polar surface area (TPSA) is 77.6 Å². The van der Waals surface area contributed by atoms with Gasteiger partial charge in [-0.3, -0.25) is 4.98 Å². The van der Waals surface area contributed by atoms with Crippen LogP contribution in [0.25, 0.3) is 22.4 Å². The molecule has 0 amide bonds. The van der Waals surface area contributed by atoms with Crippen molar-refractivity contribution in [3.8, 4) is 11.4 Å². The van der Waals surface area contributed by atoms with Crippen LogP contribution < -0.4 is 5.73 Å². The van der Waals surface area contributed by atoms with Gasteiger partial charge in [0, 0.05) is 24.2 Å². The fraction of sp³-hybridized carbons (Fsp3) is 0. The first-order valence-electron chi connectivity index (χ1n) is 5.13. The summed E-state index contributed by atoms with van der Waals surface area (Å²) >= 11 is 0. The molecule has 0 aliphatic rings. The molecule has 2 N–H and O–H groups in total. The Bertz CT molecular complexity index is 666. The third kappa shape index (κ3) is 1.67. The molecule has 0 aliphatic heterocycles. The lowest BCUT2D eigenvalue weighted by atomic mass is 10.2. The van der Waals surface area contributed by atoms with Crippen LogP contribution in [-0.2, 0) is 0 Å². The maximum atomic E-state index is 5.89. The zero-order chi connectivity index (χ0) is 11.7. The average molecular weight is 223 g/mol. The maximum Gasteiger partial charge on any atom is 0.165 e. The zero-order valence-corrected chi connectivity index (χ0v) is 8.91. The van der Waals surface area contributed by atoms with E-state index in [2.05, 4.69) is 19.9 Å². The van der Waals surface area contributed by atoms with E-state index in [9.17, 15) is 0 Å². The third-order valence-electron chi connectivity index (χ3n) is 2.44. The second-order valence-corrected chi connectivity index (χ2v) is 3.54. The monoisotopic (exact) mass is 223 g/mol. The summed E-state index contributed by atoms with van der Waals surface area (Å²) in [6.45, 7) is 0. The van der Waals surface area contributed by atoms with E-state index in [1.807, 2.05) is 24.3 Å². The zero-order valence-electron chi connectivity index (χ0n) is 8.91. The summed E-state index contributed by atoms with van der Waals surface area (Å²) in [5, 5.41) is 0.769. The number of fused-ring (bicyclic) bond motifs is 1. The van der Waals surface area contributed by atoms with E-state index >= 15 is 0 Å². The standard InChI is InChI=1S/C12H9N5/c13-10-9-2-1-5-15-12(9)17-11(16-10)8-3-6-14-7-4-8/h1-7H,(H2,13,15,16,17). The van der Waals surface area contributed by atoms with Gasteiger partial charge >= 0.3 is 0 Å². The molecule has 0 aromatic carbocycles. The van der Waals surface area contributed by atoms with Gasteiger partial charge in [0.05, 0.1) is 5.39 Å². The molecule has 3 aromatic heterocycles. The van der Waals surface area contributed by atoms with Crippen LogP contribution in [0.3, 0.4) is 0 Å². The number of nitrogen functional groups attached to an aromatic ring is 1. The predicted molar refractivity (Wildman–Crippen MR) is 65.0 cm³/mol. The fourth-order valence-corrected chi connectivity index (χ4v) is 1.62. The van der Waals surface area contributed by atoms with Gasteiger partial charge in [0.1, 0.15) is 5.82 Å². The van der Waals surface area contributed by atoms with E-state index in [1.54, 1.807) is 18.6 Å². The first-order chi connectivity index (χ1) is 8.34. The van der Waals surface area contributed by atoms with E-state index in [-0.39, 0.29) is 0 Å². The minimum atomic E-state index is 0.440. The van der Waals surface area contributed by atoms with Crippen LogP contribution in [0.2, 0.25) is 0 Å². The van der Waals surface area contributed by atoms with Crippen molar-refractivity contribution in [1.82, 2.24) is 19.9 Å². The highest BCUT2D eigenvalue weighted by atomic mass is 15.0. The Balaban J connectivity index is 2.26. The second kappa shape index (κ2) is 3.79. The largest absolute Gasteiger partial charge is 0.383 e. The summed E-state index contributed by atoms with van der Waals surface area (Å²) in [6, 6.07) is 7.34. The molecule has 0 unspecified atom stereocenters. The van der Waals surface area contributed by atoms with Crippen LogP contribution in [-0.4, -0.2) is 19.9 Å².